The van der Waals surface area contributed by atoms with Crippen molar-refractivity contribution in [2.75, 3.05) is 185 Å². The Hall–Kier alpha value is -0.600. The molecule has 0 bridgehead atoms. The van der Waals surface area contributed by atoms with Gasteiger partial charge in [0, 0.05) is 0 Å². The third kappa shape index (κ3) is 41.4. The van der Waals surface area contributed by atoms with E-state index in [1.165, 1.54) is 0 Å². The van der Waals surface area contributed by atoms with Crippen LogP contribution in [0.25, 0.3) is 0 Å². The molecule has 0 aliphatic rings. The number of rotatable bonds is 40. The van der Waals surface area contributed by atoms with Gasteiger partial charge in [-0.05, 0) is 0 Å². The van der Waals surface area contributed by atoms with E-state index in [1.807, 2.05) is 0 Å². The fraction of sp³-hybridized carbons (Fsp3) is 1.00. The Kier molecular flexibility index (Phi) is 40.8. The van der Waals surface area contributed by atoms with Crippen LogP contribution < -0.4 is 0 Å². The first-order valence-corrected chi connectivity index (χ1v) is 15.1. The molecule has 2 N–H and O–H groups in total. The summed E-state index contributed by atoms with van der Waals surface area (Å²) in [5.41, 5.74) is 0. The van der Waals surface area contributed by atoms with E-state index < -0.39 is 0 Å². The lowest BCUT2D eigenvalue weighted by Gasteiger charge is -2.09. The largest absolute Gasteiger partial charge is 0.394 e. The first-order chi connectivity index (χ1) is 21.4. The van der Waals surface area contributed by atoms with E-state index in [2.05, 4.69) is 0 Å². The van der Waals surface area contributed by atoms with Gasteiger partial charge < -0.3 is 71.8 Å². The van der Waals surface area contributed by atoms with Crippen LogP contribution in [0.3, 0.4) is 0 Å². The van der Waals surface area contributed by atoms with Gasteiger partial charge in [0.15, 0.2) is 0 Å². The molecule has 260 valence electrons. The van der Waals surface area contributed by atoms with Gasteiger partial charge in [0.2, 0.25) is 0 Å². The maximum atomic E-state index is 8.57. The van der Waals surface area contributed by atoms with Crippen LogP contribution in [-0.4, -0.2) is 195 Å². The van der Waals surface area contributed by atoms with E-state index in [-0.39, 0.29) is 13.2 Å². The zero-order valence-electron chi connectivity index (χ0n) is 26.0. The highest BCUT2D eigenvalue weighted by atomic mass is 16.6. The van der Waals surface area contributed by atoms with Gasteiger partial charge in [0.1, 0.15) is 0 Å². The van der Waals surface area contributed by atoms with Gasteiger partial charge >= 0.3 is 0 Å². The molecular weight excluding hydrogens is 576 g/mol. The monoisotopic (exact) mass is 634 g/mol. The van der Waals surface area contributed by atoms with E-state index in [9.17, 15) is 0 Å². The lowest BCUT2D eigenvalue weighted by molar-refractivity contribution is -0.0294. The maximum absolute atomic E-state index is 8.57. The molecule has 0 aliphatic heterocycles. The van der Waals surface area contributed by atoms with Gasteiger partial charge in [-0.15, -0.1) is 0 Å². The average molecular weight is 635 g/mol. The zero-order chi connectivity index (χ0) is 31.0. The van der Waals surface area contributed by atoms with Crippen molar-refractivity contribution in [3.8, 4) is 0 Å². The van der Waals surface area contributed by atoms with E-state index >= 15 is 0 Å². The molecular formula is C28H58O15. The predicted octanol–water partition coefficient (Wildman–Crippen LogP) is -0.813. The van der Waals surface area contributed by atoms with Crippen LogP contribution in [0.1, 0.15) is 0 Å². The van der Waals surface area contributed by atoms with Crippen molar-refractivity contribution in [2.45, 2.75) is 0 Å². The smallest absolute Gasteiger partial charge is 0.0701 e. The predicted molar refractivity (Wildman–Crippen MR) is 155 cm³/mol. The average Bonchev–Trinajstić information content (AvgIpc) is 3.02. The van der Waals surface area contributed by atoms with Crippen molar-refractivity contribution in [3.05, 3.63) is 0 Å². The molecule has 0 saturated carbocycles. The Morgan fingerprint density at radius 1 is 0.163 bits per heavy atom. The Bertz CT molecular complexity index is 439. The van der Waals surface area contributed by atoms with Gasteiger partial charge in [-0.1, -0.05) is 0 Å². The van der Waals surface area contributed by atoms with Crippen LogP contribution in [0.2, 0.25) is 0 Å². The van der Waals surface area contributed by atoms with Crippen LogP contribution in [0.15, 0.2) is 0 Å². The summed E-state index contributed by atoms with van der Waals surface area (Å²) < 4.78 is 69.7. The Balaban J connectivity index is 3.02. The molecule has 0 radical (unpaired) electrons. The van der Waals surface area contributed by atoms with Gasteiger partial charge in [-0.3, -0.25) is 0 Å². The first kappa shape index (κ1) is 42.4. The van der Waals surface area contributed by atoms with Crippen LogP contribution in [0.4, 0.5) is 0 Å². The third-order valence-electron chi connectivity index (χ3n) is 4.94. The lowest BCUT2D eigenvalue weighted by atomic mass is 10.6. The van der Waals surface area contributed by atoms with E-state index in [4.69, 9.17) is 71.8 Å². The maximum Gasteiger partial charge on any atom is 0.0701 e. The molecule has 0 aromatic rings. The second-order valence-electron chi connectivity index (χ2n) is 8.41. The molecule has 0 aromatic carbocycles. The summed E-state index contributed by atoms with van der Waals surface area (Å²) in [7, 11) is 0. The number of aliphatic hydroxyl groups is 2. The van der Waals surface area contributed by atoms with Crippen molar-refractivity contribution in [2.24, 2.45) is 0 Å². The van der Waals surface area contributed by atoms with Crippen molar-refractivity contribution in [1.82, 2.24) is 0 Å². The minimum absolute atomic E-state index is 0.0234. The highest BCUT2D eigenvalue weighted by Gasteiger charge is 1.97. The molecule has 43 heavy (non-hydrogen) atoms. The highest BCUT2D eigenvalue weighted by Crippen LogP contribution is 1.87. The Labute approximate surface area is 257 Å². The Morgan fingerprint density at radius 3 is 0.349 bits per heavy atom. The summed E-state index contributed by atoms with van der Waals surface area (Å²) >= 11 is 0. The third-order valence-corrected chi connectivity index (χ3v) is 4.94. The standard InChI is InChI=1S/C28H58O15/c29-1-3-31-5-7-33-9-11-35-13-15-37-17-19-39-21-23-41-25-27-43-28-26-42-24-22-40-20-18-38-16-14-36-12-10-34-8-6-32-4-2-30/h29-30H,1-28H2. The summed E-state index contributed by atoms with van der Waals surface area (Å²) in [4.78, 5) is 0. The molecule has 0 saturated heterocycles. The summed E-state index contributed by atoms with van der Waals surface area (Å²) in [6.07, 6.45) is 0. The second kappa shape index (κ2) is 41.4. The van der Waals surface area contributed by atoms with Crippen LogP contribution in [0.5, 0.6) is 0 Å². The number of ether oxygens (including phenoxy) is 13. The molecule has 0 fully saturated rings. The molecule has 0 spiro atoms. The fourth-order valence-corrected chi connectivity index (χ4v) is 2.87. The van der Waals surface area contributed by atoms with Gasteiger partial charge in [0.25, 0.3) is 0 Å². The fourth-order valence-electron chi connectivity index (χ4n) is 2.87. The summed E-state index contributed by atoms with van der Waals surface area (Å²) in [5.74, 6) is 0. The SMILES string of the molecule is OCCOCCOCCOCCOCCOCCOCCOCCOCCOCCOCCOCCOCCOCCO. The molecule has 15 nitrogen and oxygen atoms in total. The molecule has 0 unspecified atom stereocenters. The van der Waals surface area contributed by atoms with Crippen LogP contribution >= 0.6 is 0 Å². The number of aliphatic hydroxyl groups excluding tert-OH is 2. The zero-order valence-corrected chi connectivity index (χ0v) is 26.0. The second-order valence-corrected chi connectivity index (χ2v) is 8.41. The molecule has 0 aliphatic carbocycles. The summed E-state index contributed by atoms with van der Waals surface area (Å²) in [6.45, 7) is 12.7. The minimum Gasteiger partial charge on any atom is -0.394 e. The molecule has 0 amide bonds. The first-order valence-electron chi connectivity index (χ1n) is 15.1. The van der Waals surface area contributed by atoms with Crippen molar-refractivity contribution in [1.29, 1.82) is 0 Å². The van der Waals surface area contributed by atoms with Gasteiger partial charge in [-0.2, -0.15) is 0 Å². The van der Waals surface area contributed by atoms with Crippen molar-refractivity contribution < 1.29 is 71.8 Å². The van der Waals surface area contributed by atoms with E-state index in [0.29, 0.717) is 172 Å². The van der Waals surface area contributed by atoms with Crippen LogP contribution in [-0.2, 0) is 61.6 Å². The van der Waals surface area contributed by atoms with E-state index in [0.717, 1.165) is 0 Å². The summed E-state index contributed by atoms with van der Waals surface area (Å²) in [6, 6.07) is 0. The molecule has 0 rings (SSSR count). The molecule has 0 atom stereocenters. The normalized spacial score (nSPS) is 11.6. The summed E-state index contributed by atoms with van der Waals surface area (Å²) in [5, 5.41) is 17.1. The highest BCUT2D eigenvalue weighted by molar-refractivity contribution is 4.39. The van der Waals surface area contributed by atoms with Crippen molar-refractivity contribution in [3.63, 3.8) is 0 Å². The van der Waals surface area contributed by atoms with Crippen molar-refractivity contribution >= 4 is 0 Å². The van der Waals surface area contributed by atoms with Crippen LogP contribution in [0, 0.1) is 0 Å². The lowest BCUT2D eigenvalue weighted by Crippen LogP contribution is -2.15. The van der Waals surface area contributed by atoms with E-state index in [1.54, 1.807) is 0 Å². The quantitative estimate of drug-likeness (QED) is 0.0805. The van der Waals surface area contributed by atoms with Gasteiger partial charge in [0.05, 0.1) is 185 Å². The molecule has 15 heteroatoms. The number of hydrogen-bond donors (Lipinski definition) is 2. The number of hydrogen-bond acceptors (Lipinski definition) is 15. The Morgan fingerprint density at radius 2 is 0.256 bits per heavy atom. The van der Waals surface area contributed by atoms with Gasteiger partial charge in [-0.25, -0.2) is 0 Å². The minimum atomic E-state index is 0.0234. The molecule has 0 heterocycles. The molecule has 0 aromatic heterocycles. The topological polar surface area (TPSA) is 160 Å².